The van der Waals surface area contributed by atoms with Gasteiger partial charge < -0.3 is 38.9 Å². The van der Waals surface area contributed by atoms with E-state index in [1.54, 1.807) is 4.57 Å². The number of benzene rings is 3. The first-order valence-electron chi connectivity index (χ1n) is 18.1. The minimum Gasteiger partial charge on any atom is -0.456 e. The van der Waals surface area contributed by atoms with E-state index in [2.05, 4.69) is 20.4 Å². The summed E-state index contributed by atoms with van der Waals surface area (Å²) in [5.74, 6) is -0.564. The van der Waals surface area contributed by atoms with Gasteiger partial charge in [-0.3, -0.25) is 19.3 Å². The van der Waals surface area contributed by atoms with Crippen LogP contribution in [0, 0.1) is 5.82 Å². The fourth-order valence-corrected chi connectivity index (χ4v) is 7.60. The number of nitrogens with zero attached hydrogens (tertiary/aromatic N) is 4. The number of carbonyl (C=O) groups is 2. The maximum atomic E-state index is 16.5. The quantitative estimate of drug-likeness (QED) is 0.186. The minimum atomic E-state index is -0.634. The first kappa shape index (κ1) is 34.1. The second-order valence-electron chi connectivity index (χ2n) is 14.2. The molecule has 2 N–H and O–H groups in total. The molecule has 2 aromatic heterocycles. The number of halogens is 1. The van der Waals surface area contributed by atoms with Crippen LogP contribution in [0.4, 0.5) is 10.1 Å². The molecule has 52 heavy (non-hydrogen) atoms. The van der Waals surface area contributed by atoms with E-state index in [-0.39, 0.29) is 34.3 Å². The highest BCUT2D eigenvalue weighted by Crippen LogP contribution is 2.49. The predicted molar refractivity (Wildman–Crippen MR) is 198 cm³/mol. The van der Waals surface area contributed by atoms with Crippen molar-refractivity contribution in [3.8, 4) is 17.2 Å². The average Bonchev–Trinajstić information content (AvgIpc) is 3.74. The van der Waals surface area contributed by atoms with Gasteiger partial charge in [-0.25, -0.2) is 4.39 Å². The third-order valence-corrected chi connectivity index (χ3v) is 10.3. The van der Waals surface area contributed by atoms with E-state index in [1.807, 2.05) is 55.4 Å². The summed E-state index contributed by atoms with van der Waals surface area (Å²) in [5, 5.41) is 7.79. The lowest BCUT2D eigenvalue weighted by Gasteiger charge is -2.29. The molecule has 0 aliphatic carbocycles. The van der Waals surface area contributed by atoms with Crippen molar-refractivity contribution in [2.75, 3.05) is 78.0 Å². The van der Waals surface area contributed by atoms with E-state index in [0.717, 1.165) is 43.2 Å². The number of rotatable bonds is 11. The van der Waals surface area contributed by atoms with Crippen molar-refractivity contribution >= 4 is 50.3 Å². The Morgan fingerprint density at radius 2 is 1.83 bits per heavy atom. The monoisotopic (exact) mass is 710 g/mol. The highest BCUT2D eigenvalue weighted by atomic mass is 19.1. The van der Waals surface area contributed by atoms with Crippen LogP contribution in [-0.4, -0.2) is 105 Å². The molecule has 8 rings (SSSR count). The number of amides is 2. The maximum Gasteiger partial charge on any atom is 0.256 e. The first-order chi connectivity index (χ1) is 25.2. The molecule has 2 saturated heterocycles. The molecule has 3 aromatic carbocycles. The molecular formula is C39H43FN6O6. The number of anilines is 1. The van der Waals surface area contributed by atoms with Crippen LogP contribution < -0.4 is 25.7 Å². The van der Waals surface area contributed by atoms with Gasteiger partial charge in [0.1, 0.15) is 27.9 Å². The van der Waals surface area contributed by atoms with Gasteiger partial charge in [0.2, 0.25) is 11.3 Å². The summed E-state index contributed by atoms with van der Waals surface area (Å²) in [6.45, 7) is 5.78. The molecule has 0 unspecified atom stereocenters. The van der Waals surface area contributed by atoms with E-state index in [0.29, 0.717) is 80.4 Å². The van der Waals surface area contributed by atoms with Gasteiger partial charge in [0.05, 0.1) is 24.3 Å². The van der Waals surface area contributed by atoms with Crippen LogP contribution in [0.1, 0.15) is 36.0 Å². The zero-order valence-electron chi connectivity index (χ0n) is 29.5. The molecule has 0 saturated carbocycles. The molecule has 272 valence electrons. The Kier molecular flexibility index (Phi) is 9.32. The van der Waals surface area contributed by atoms with Crippen LogP contribution >= 0.6 is 0 Å². The maximum absolute atomic E-state index is 16.5. The Bertz CT molecular complexity index is 2240. The number of morpholine rings is 1. The van der Waals surface area contributed by atoms with Gasteiger partial charge in [0, 0.05) is 74.8 Å². The Hall–Kier alpha value is -4.98. The van der Waals surface area contributed by atoms with E-state index < -0.39 is 17.2 Å². The number of nitrogens with one attached hydrogen (secondary N) is 2. The van der Waals surface area contributed by atoms with Gasteiger partial charge in [-0.05, 0) is 58.1 Å². The van der Waals surface area contributed by atoms with Gasteiger partial charge in [0.15, 0.2) is 17.3 Å². The molecule has 13 heteroatoms. The SMILES string of the molecule is CN(C)CCCCNC(=O)c1cn2c3c(c(N4CC[C@@H](NC(=O)CCN5CCOCC5)C4)c(F)cc3c1=O)Oc1cc3c(cc1-2)oc1ccccc13. The molecule has 12 nitrogen and oxygen atoms in total. The smallest absolute Gasteiger partial charge is 0.256 e. The second kappa shape index (κ2) is 14.2. The van der Waals surface area contributed by atoms with Crippen LogP contribution in [0.3, 0.4) is 0 Å². The minimum absolute atomic E-state index is 0.0408. The van der Waals surface area contributed by atoms with Gasteiger partial charge in [0.25, 0.3) is 5.91 Å². The summed E-state index contributed by atoms with van der Waals surface area (Å²) in [6, 6.07) is 12.4. The van der Waals surface area contributed by atoms with Crippen LogP contribution in [0.25, 0.3) is 38.5 Å². The highest BCUT2D eigenvalue weighted by Gasteiger charge is 2.34. The number of ether oxygens (including phenoxy) is 2. The normalized spacial score (nSPS) is 17.2. The van der Waals surface area contributed by atoms with E-state index in [4.69, 9.17) is 13.9 Å². The Labute approximate surface area is 300 Å². The van der Waals surface area contributed by atoms with Crippen molar-refractivity contribution < 1.29 is 27.9 Å². The highest BCUT2D eigenvalue weighted by molar-refractivity contribution is 6.07. The van der Waals surface area contributed by atoms with Crippen molar-refractivity contribution in [1.29, 1.82) is 0 Å². The Balaban J connectivity index is 1.14. The molecule has 0 radical (unpaired) electrons. The van der Waals surface area contributed by atoms with Crippen molar-refractivity contribution in [1.82, 2.24) is 25.0 Å². The Morgan fingerprint density at radius 1 is 1.00 bits per heavy atom. The third-order valence-electron chi connectivity index (χ3n) is 10.3. The molecule has 5 aromatic rings. The summed E-state index contributed by atoms with van der Waals surface area (Å²) >= 11 is 0. The average molecular weight is 711 g/mol. The largest absolute Gasteiger partial charge is 0.456 e. The topological polar surface area (TPSA) is 122 Å². The first-order valence-corrected chi connectivity index (χ1v) is 18.1. The summed E-state index contributed by atoms with van der Waals surface area (Å²) in [4.78, 5) is 46.6. The predicted octanol–water partition coefficient (Wildman–Crippen LogP) is 4.62. The zero-order chi connectivity index (χ0) is 35.9. The number of hydrogen-bond donors (Lipinski definition) is 2. The van der Waals surface area contributed by atoms with E-state index in [9.17, 15) is 14.4 Å². The van der Waals surface area contributed by atoms with Crippen LogP contribution in [0.15, 0.2) is 57.9 Å². The van der Waals surface area contributed by atoms with Gasteiger partial charge in [-0.1, -0.05) is 18.2 Å². The van der Waals surface area contributed by atoms with E-state index in [1.165, 1.54) is 12.3 Å². The number of carbonyl (C=O) groups excluding carboxylic acids is 2. The fraction of sp³-hybridized carbons (Fsp3) is 0.410. The molecule has 3 aliphatic rings. The lowest BCUT2D eigenvalue weighted by Crippen LogP contribution is -2.41. The molecule has 0 spiro atoms. The number of hydrogen-bond acceptors (Lipinski definition) is 9. The van der Waals surface area contributed by atoms with Crippen molar-refractivity contribution in [2.45, 2.75) is 31.7 Å². The Morgan fingerprint density at radius 3 is 2.65 bits per heavy atom. The van der Waals surface area contributed by atoms with Crippen molar-refractivity contribution in [3.63, 3.8) is 0 Å². The number of fused-ring (bicyclic) bond motifs is 5. The fourth-order valence-electron chi connectivity index (χ4n) is 7.60. The molecule has 2 fully saturated rings. The third kappa shape index (κ3) is 6.48. The van der Waals surface area contributed by atoms with E-state index >= 15 is 4.39 Å². The lowest BCUT2D eigenvalue weighted by atomic mass is 10.0. The zero-order valence-corrected chi connectivity index (χ0v) is 29.5. The van der Waals surface area contributed by atoms with Crippen molar-refractivity contribution in [3.05, 3.63) is 70.3 Å². The van der Waals surface area contributed by atoms with Gasteiger partial charge in [-0.15, -0.1) is 0 Å². The number of furan rings is 1. The summed E-state index contributed by atoms with van der Waals surface area (Å²) in [5.41, 5.74) is 1.80. The molecule has 3 aliphatic heterocycles. The van der Waals surface area contributed by atoms with Gasteiger partial charge in [-0.2, -0.15) is 0 Å². The molecule has 2 amide bonds. The summed E-state index contributed by atoms with van der Waals surface area (Å²) < 4.78 is 36.4. The van der Waals surface area contributed by atoms with Crippen LogP contribution in [-0.2, 0) is 9.53 Å². The molecular weight excluding hydrogens is 667 g/mol. The number of pyridine rings is 1. The lowest BCUT2D eigenvalue weighted by molar-refractivity contribution is -0.122. The summed E-state index contributed by atoms with van der Waals surface area (Å²) in [6.07, 6.45) is 4.17. The van der Waals surface area contributed by atoms with Gasteiger partial charge >= 0.3 is 0 Å². The van der Waals surface area contributed by atoms with Crippen molar-refractivity contribution in [2.24, 2.45) is 0 Å². The summed E-state index contributed by atoms with van der Waals surface area (Å²) in [7, 11) is 3.99. The number of para-hydroxylation sites is 1. The van der Waals surface area contributed by atoms with Crippen LogP contribution in [0.2, 0.25) is 0 Å². The standard InChI is InChI=1S/C39H43FN6O6/c1-43(2)12-6-5-11-41-39(49)28-23-46-30-21-32-26(25-7-3-4-8-31(25)51-32)20-33(30)52-38-35(46)27(37(28)48)19-29(40)36(38)45-14-9-24(22-45)42-34(47)10-13-44-15-17-50-18-16-44/h3-4,7-8,19-21,23-24H,5-6,9-18,22H2,1-2H3,(H,41,49)(H,42,47)/t24-/m1/s1. The van der Waals surface area contributed by atoms with Crippen LogP contribution in [0.5, 0.6) is 11.5 Å². The number of unbranched alkanes of at least 4 members (excludes halogenated alkanes) is 1. The second-order valence-corrected chi connectivity index (χ2v) is 14.2. The molecule has 5 heterocycles. The molecule has 1 atom stereocenters. The number of aromatic nitrogens is 1. The molecule has 0 bridgehead atoms.